The lowest BCUT2D eigenvalue weighted by molar-refractivity contribution is -0.148. The maximum Gasteiger partial charge on any atom is 0.308 e. The highest BCUT2D eigenvalue weighted by molar-refractivity contribution is 8.02. The smallest absolute Gasteiger partial charge is 0.308 e. The molecule has 7 nitrogen and oxygen atoms in total. The summed E-state index contributed by atoms with van der Waals surface area (Å²) >= 11 is 1.52. The van der Waals surface area contributed by atoms with Gasteiger partial charge in [-0.15, -0.1) is 18.3 Å². The van der Waals surface area contributed by atoms with Gasteiger partial charge >= 0.3 is 5.97 Å². The largest absolute Gasteiger partial charge is 0.481 e. The summed E-state index contributed by atoms with van der Waals surface area (Å²) < 4.78 is -0.756. The number of rotatable bonds is 8. The molecule has 8 heteroatoms. The summed E-state index contributed by atoms with van der Waals surface area (Å²) in [6, 6.07) is 13.0. The highest BCUT2D eigenvalue weighted by Gasteiger charge is 2.73. The van der Waals surface area contributed by atoms with Crippen LogP contribution in [0.1, 0.15) is 19.3 Å². The Bertz CT molecular complexity index is 1170. The van der Waals surface area contributed by atoms with Crippen molar-refractivity contribution in [2.75, 3.05) is 24.6 Å². The molecule has 3 aliphatic heterocycles. The van der Waals surface area contributed by atoms with Crippen molar-refractivity contribution in [1.82, 2.24) is 4.90 Å². The Kier molecular flexibility index (Phi) is 5.90. The second-order valence-corrected chi connectivity index (χ2v) is 10.9. The van der Waals surface area contributed by atoms with E-state index in [9.17, 15) is 24.6 Å². The summed E-state index contributed by atoms with van der Waals surface area (Å²) in [6.07, 6.45) is 3.31. The van der Waals surface area contributed by atoms with Gasteiger partial charge in [-0.3, -0.25) is 14.4 Å². The van der Waals surface area contributed by atoms with E-state index in [0.717, 1.165) is 10.8 Å². The number of aliphatic carboxylic acids is 1. The lowest BCUT2D eigenvalue weighted by Crippen LogP contribution is -2.55. The van der Waals surface area contributed by atoms with Gasteiger partial charge in [0.1, 0.15) is 6.04 Å². The molecule has 0 saturated carbocycles. The average Bonchev–Trinajstić information content (AvgIpc) is 3.48. The van der Waals surface area contributed by atoms with Crippen molar-refractivity contribution in [2.45, 2.75) is 35.3 Å². The van der Waals surface area contributed by atoms with E-state index < -0.39 is 28.6 Å². The highest BCUT2D eigenvalue weighted by atomic mass is 32.2. The van der Waals surface area contributed by atoms with Gasteiger partial charge in [0.2, 0.25) is 5.91 Å². The first kappa shape index (κ1) is 22.9. The van der Waals surface area contributed by atoms with Crippen molar-refractivity contribution in [3.63, 3.8) is 0 Å². The van der Waals surface area contributed by atoms with Gasteiger partial charge in [-0.25, -0.2) is 0 Å². The van der Waals surface area contributed by atoms with Crippen LogP contribution in [0.3, 0.4) is 0 Å². The van der Waals surface area contributed by atoms with E-state index in [1.807, 2.05) is 42.5 Å². The number of aliphatic hydroxyl groups is 1. The normalized spacial score (nSPS) is 29.4. The van der Waals surface area contributed by atoms with Crippen molar-refractivity contribution >= 4 is 46.0 Å². The monoisotopic (exact) mass is 480 g/mol. The van der Waals surface area contributed by atoms with Crippen molar-refractivity contribution in [2.24, 2.45) is 11.8 Å². The molecule has 3 saturated heterocycles. The number of hydrogen-bond acceptors (Lipinski definition) is 5. The molecule has 2 aromatic carbocycles. The van der Waals surface area contributed by atoms with E-state index in [0.29, 0.717) is 24.9 Å². The summed E-state index contributed by atoms with van der Waals surface area (Å²) in [5.41, 5.74) is 0.713. The molecule has 0 radical (unpaired) electrons. The molecule has 2 amide bonds. The molecule has 1 spiro atoms. The minimum Gasteiger partial charge on any atom is -0.481 e. The molecule has 178 valence electrons. The summed E-state index contributed by atoms with van der Waals surface area (Å²) in [5, 5.41) is 21.3. The molecule has 5 rings (SSSR count). The van der Waals surface area contributed by atoms with Gasteiger partial charge in [-0.2, -0.15) is 0 Å². The molecule has 2 aromatic rings. The van der Waals surface area contributed by atoms with Crippen LogP contribution in [0.5, 0.6) is 0 Å². The predicted molar refractivity (Wildman–Crippen MR) is 132 cm³/mol. The van der Waals surface area contributed by atoms with Gasteiger partial charge in [-0.05, 0) is 42.2 Å². The number of nitrogens with zero attached hydrogens (tertiary/aromatic N) is 2. The minimum atomic E-state index is -0.967. The predicted octanol–water partition coefficient (Wildman–Crippen LogP) is 2.92. The maximum absolute atomic E-state index is 14.3. The van der Waals surface area contributed by atoms with Crippen LogP contribution < -0.4 is 4.90 Å². The van der Waals surface area contributed by atoms with Gasteiger partial charge in [0, 0.05) is 30.6 Å². The number of fused-ring (bicyclic) bond motifs is 2. The summed E-state index contributed by atoms with van der Waals surface area (Å²) in [6.45, 7) is 4.22. The Balaban J connectivity index is 1.57. The van der Waals surface area contributed by atoms with E-state index in [-0.39, 0.29) is 36.8 Å². The number of carboxylic acid groups (broad SMARTS) is 1. The van der Waals surface area contributed by atoms with Crippen LogP contribution in [0.4, 0.5) is 5.69 Å². The molecule has 2 N–H and O–H groups in total. The van der Waals surface area contributed by atoms with Crippen LogP contribution in [0.15, 0.2) is 55.1 Å². The van der Waals surface area contributed by atoms with Crippen molar-refractivity contribution < 1.29 is 24.6 Å². The molecular formula is C26H28N2O5S. The van der Waals surface area contributed by atoms with E-state index in [4.69, 9.17) is 0 Å². The quantitative estimate of drug-likeness (QED) is 0.564. The number of likely N-dealkylation sites (tertiary alicyclic amines) is 1. The third-order valence-corrected chi connectivity index (χ3v) is 9.45. The Hall–Kier alpha value is -2.84. The molecule has 34 heavy (non-hydrogen) atoms. The van der Waals surface area contributed by atoms with Crippen LogP contribution in [-0.2, 0) is 14.4 Å². The third kappa shape index (κ3) is 3.34. The molecule has 0 aromatic heterocycles. The zero-order valence-electron chi connectivity index (χ0n) is 18.8. The van der Waals surface area contributed by atoms with Crippen LogP contribution in [0.2, 0.25) is 0 Å². The molecule has 2 bridgehead atoms. The number of anilines is 1. The number of thioether (sulfide) groups is 1. The standard InChI is InChI=1S/C26H28N2O5S/c1-2-12-27(18-9-8-16-6-3-4-7-17(16)15-18)24(31)22-26-11-10-19(34-26)20(25(32)33)21(26)23(30)28(22)13-5-14-29/h2-4,6-9,15,19-22,29H,1,5,10-14H2,(H,32,33)/t19-,20+,21-,22?,26?/m0/s1. The van der Waals surface area contributed by atoms with E-state index >= 15 is 0 Å². The first-order chi connectivity index (χ1) is 16.4. The summed E-state index contributed by atoms with van der Waals surface area (Å²) in [7, 11) is 0. The number of carbonyl (C=O) groups is 3. The topological polar surface area (TPSA) is 98.2 Å². The van der Waals surface area contributed by atoms with Crippen LogP contribution in [-0.4, -0.2) is 68.6 Å². The zero-order valence-corrected chi connectivity index (χ0v) is 19.6. The number of hydrogen-bond donors (Lipinski definition) is 2. The molecule has 0 aliphatic carbocycles. The fourth-order valence-electron chi connectivity index (χ4n) is 6.14. The fraction of sp³-hybridized carbons (Fsp3) is 0.423. The molecule has 3 fully saturated rings. The number of aliphatic hydroxyl groups excluding tert-OH is 1. The van der Waals surface area contributed by atoms with Crippen molar-refractivity contribution in [3.05, 3.63) is 55.1 Å². The average molecular weight is 481 g/mol. The first-order valence-electron chi connectivity index (χ1n) is 11.7. The van der Waals surface area contributed by atoms with Crippen LogP contribution >= 0.6 is 11.8 Å². The molecule has 3 heterocycles. The van der Waals surface area contributed by atoms with Gasteiger partial charge in [0.25, 0.3) is 5.91 Å². The third-order valence-electron chi connectivity index (χ3n) is 7.50. The summed E-state index contributed by atoms with van der Waals surface area (Å²) in [5.74, 6) is -2.96. The minimum absolute atomic E-state index is 0.110. The Morgan fingerprint density at radius 2 is 2.00 bits per heavy atom. The van der Waals surface area contributed by atoms with Gasteiger partial charge in [-0.1, -0.05) is 36.4 Å². The molecule has 2 unspecified atom stereocenters. The number of benzene rings is 2. The molecule has 3 aliphatic rings. The van der Waals surface area contributed by atoms with Gasteiger partial charge in [0.15, 0.2) is 0 Å². The second kappa shape index (κ2) is 8.74. The second-order valence-electron chi connectivity index (χ2n) is 9.27. The first-order valence-corrected chi connectivity index (χ1v) is 12.5. The zero-order chi connectivity index (χ0) is 24.0. The molecule has 5 atom stereocenters. The van der Waals surface area contributed by atoms with Crippen molar-refractivity contribution in [3.8, 4) is 0 Å². The van der Waals surface area contributed by atoms with E-state index in [2.05, 4.69) is 6.58 Å². The Morgan fingerprint density at radius 3 is 2.71 bits per heavy atom. The van der Waals surface area contributed by atoms with E-state index in [1.165, 1.54) is 11.8 Å². The lowest BCUT2D eigenvalue weighted by atomic mass is 9.71. The maximum atomic E-state index is 14.3. The van der Waals surface area contributed by atoms with Crippen molar-refractivity contribution in [1.29, 1.82) is 0 Å². The summed E-state index contributed by atoms with van der Waals surface area (Å²) in [4.78, 5) is 43.2. The Morgan fingerprint density at radius 1 is 1.24 bits per heavy atom. The van der Waals surface area contributed by atoms with E-state index in [1.54, 1.807) is 15.9 Å². The van der Waals surface area contributed by atoms with Crippen LogP contribution in [0.25, 0.3) is 10.8 Å². The van der Waals surface area contributed by atoms with Gasteiger partial charge in [0.05, 0.1) is 16.6 Å². The van der Waals surface area contributed by atoms with Gasteiger partial charge < -0.3 is 20.0 Å². The number of amides is 2. The lowest BCUT2D eigenvalue weighted by Gasteiger charge is -2.37. The number of carboxylic acids is 1. The molecular weight excluding hydrogens is 452 g/mol. The Labute approximate surface area is 202 Å². The fourth-order valence-corrected chi connectivity index (χ4v) is 8.35. The number of carbonyl (C=O) groups excluding carboxylic acids is 2. The highest BCUT2D eigenvalue weighted by Crippen LogP contribution is 2.66. The van der Waals surface area contributed by atoms with Crippen LogP contribution in [0, 0.1) is 11.8 Å². The SMILES string of the molecule is C=CCN(C(=O)C1N(CCCO)C(=O)[C@@H]2[C@H](C(=O)O)[C@@H]3CCC12S3)c1ccc2ccccc2c1.